The van der Waals surface area contributed by atoms with Crippen LogP contribution < -0.4 is 5.32 Å². The van der Waals surface area contributed by atoms with E-state index in [0.717, 1.165) is 35.8 Å². The summed E-state index contributed by atoms with van der Waals surface area (Å²) in [5.74, 6) is -8.07. The van der Waals surface area contributed by atoms with Crippen molar-refractivity contribution in [2.45, 2.75) is 83.9 Å². The number of nitrogens with zero attached hydrogens (tertiary/aromatic N) is 2. The highest BCUT2D eigenvalue weighted by molar-refractivity contribution is 7.09. The number of methoxy groups -OCH3 is 1. The van der Waals surface area contributed by atoms with Gasteiger partial charge < -0.3 is 19.7 Å². The lowest BCUT2D eigenvalue weighted by atomic mass is 9.95. The van der Waals surface area contributed by atoms with Crippen LogP contribution >= 0.6 is 11.3 Å². The molecule has 262 valence electrons. The van der Waals surface area contributed by atoms with E-state index in [9.17, 15) is 45.5 Å². The highest BCUT2D eigenvalue weighted by Crippen LogP contribution is 2.42. The highest BCUT2D eigenvalue weighted by atomic mass is 32.1. The van der Waals surface area contributed by atoms with E-state index >= 15 is 0 Å². The topological polar surface area (TPSA) is 115 Å². The molecule has 1 N–H and O–H groups in total. The van der Waals surface area contributed by atoms with Crippen molar-refractivity contribution in [3.05, 3.63) is 52.0 Å². The summed E-state index contributed by atoms with van der Waals surface area (Å²) in [6, 6.07) is 7.77. The van der Waals surface area contributed by atoms with E-state index in [1.165, 1.54) is 12.5 Å². The second-order valence-electron chi connectivity index (χ2n) is 11.6. The molecule has 4 atom stereocenters. The Labute approximate surface area is 273 Å². The van der Waals surface area contributed by atoms with Crippen LogP contribution in [0.5, 0.6) is 0 Å². The van der Waals surface area contributed by atoms with E-state index in [-0.39, 0.29) is 23.5 Å². The fraction of sp³-hybridized carbons (Fsp3) is 0.581. The first-order valence-electron chi connectivity index (χ1n) is 14.7. The number of aromatic nitrogens is 1. The van der Waals surface area contributed by atoms with Crippen molar-refractivity contribution in [2.75, 3.05) is 14.2 Å². The Kier molecular flexibility index (Phi) is 14.2. The van der Waals surface area contributed by atoms with Crippen LogP contribution in [-0.4, -0.2) is 72.2 Å². The average molecular weight is 696 g/mol. The minimum Gasteiger partial charge on any atom is -0.469 e. The molecular weight excluding hydrogens is 656 g/mol. The lowest BCUT2D eigenvalue weighted by Crippen LogP contribution is -2.46. The Hall–Kier alpha value is -3.69. The van der Waals surface area contributed by atoms with Crippen molar-refractivity contribution < 1.29 is 55.0 Å². The maximum Gasteiger partial charge on any atom is 0.400 e. The molecule has 0 unspecified atom stereocenters. The van der Waals surface area contributed by atoms with Crippen molar-refractivity contribution in [3.63, 3.8) is 0 Å². The Balaban J connectivity index is 2.29. The predicted octanol–water partition coefficient (Wildman–Crippen LogP) is 6.29. The first kappa shape index (κ1) is 39.5. The maximum atomic E-state index is 13.3. The van der Waals surface area contributed by atoms with Gasteiger partial charge in [-0.3, -0.25) is 19.2 Å². The average Bonchev–Trinajstić information content (AvgIpc) is 3.46. The van der Waals surface area contributed by atoms with Crippen LogP contribution in [0.15, 0.2) is 35.7 Å². The molecular formula is C31H39F6N3O6S. The van der Waals surface area contributed by atoms with E-state index in [0.29, 0.717) is 6.42 Å². The number of hydrogen-bond acceptors (Lipinski definition) is 8. The normalized spacial score (nSPS) is 14.7. The molecule has 0 aliphatic rings. The van der Waals surface area contributed by atoms with Crippen LogP contribution in [0.1, 0.15) is 74.1 Å². The van der Waals surface area contributed by atoms with E-state index in [4.69, 9.17) is 9.47 Å². The molecule has 1 heterocycles. The summed E-state index contributed by atoms with van der Waals surface area (Å²) in [6.07, 6.45) is -14.0. The van der Waals surface area contributed by atoms with Crippen LogP contribution in [0.2, 0.25) is 0 Å². The second kappa shape index (κ2) is 16.9. The molecule has 0 saturated carbocycles. The Morgan fingerprint density at radius 3 is 2.09 bits per heavy atom. The molecule has 1 aromatic carbocycles. The third-order valence-electron chi connectivity index (χ3n) is 7.52. The van der Waals surface area contributed by atoms with Gasteiger partial charge in [0, 0.05) is 44.3 Å². The maximum absolute atomic E-state index is 13.3. The number of amides is 2. The van der Waals surface area contributed by atoms with Gasteiger partial charge in [-0.1, -0.05) is 51.1 Å². The van der Waals surface area contributed by atoms with Gasteiger partial charge in [-0.05, 0) is 24.3 Å². The summed E-state index contributed by atoms with van der Waals surface area (Å²) in [5, 5.41) is 4.40. The molecule has 2 aromatic rings. The summed E-state index contributed by atoms with van der Waals surface area (Å²) in [6.45, 7) is 5.97. The van der Waals surface area contributed by atoms with E-state index in [1.54, 1.807) is 20.8 Å². The van der Waals surface area contributed by atoms with Crippen molar-refractivity contribution in [2.24, 2.45) is 17.8 Å². The fourth-order valence-corrected chi connectivity index (χ4v) is 5.87. The Morgan fingerprint density at radius 2 is 1.57 bits per heavy atom. The zero-order valence-corrected chi connectivity index (χ0v) is 27.6. The van der Waals surface area contributed by atoms with Crippen molar-refractivity contribution in [3.8, 4) is 0 Å². The number of carbonyl (C=O) groups excluding carboxylic acids is 4. The smallest absolute Gasteiger partial charge is 0.400 e. The minimum absolute atomic E-state index is 0.0466. The number of esters is 2. The second-order valence-corrected chi connectivity index (χ2v) is 12.5. The molecule has 0 radical (unpaired) electrons. The van der Waals surface area contributed by atoms with Gasteiger partial charge in [-0.2, -0.15) is 26.3 Å². The fourth-order valence-electron chi connectivity index (χ4n) is 5.03. The summed E-state index contributed by atoms with van der Waals surface area (Å²) in [4.78, 5) is 55.2. The van der Waals surface area contributed by atoms with Crippen LogP contribution in [-0.2, 0) is 30.3 Å². The van der Waals surface area contributed by atoms with Crippen LogP contribution in [0.25, 0.3) is 0 Å². The van der Waals surface area contributed by atoms with E-state index in [1.807, 2.05) is 30.3 Å². The largest absolute Gasteiger partial charge is 0.469 e. The van der Waals surface area contributed by atoms with Gasteiger partial charge in [0.25, 0.3) is 5.91 Å². The number of rotatable bonds is 15. The molecule has 16 heteroatoms. The quantitative estimate of drug-likeness (QED) is 0.172. The van der Waals surface area contributed by atoms with Gasteiger partial charge in [-0.25, -0.2) is 4.98 Å². The van der Waals surface area contributed by atoms with Gasteiger partial charge in [0.05, 0.1) is 13.0 Å². The molecule has 0 aliphatic carbocycles. The Morgan fingerprint density at radius 1 is 0.979 bits per heavy atom. The van der Waals surface area contributed by atoms with Crippen molar-refractivity contribution in [1.82, 2.24) is 15.2 Å². The number of ether oxygens (including phenoxy) is 2. The monoisotopic (exact) mass is 695 g/mol. The number of thiazole rings is 1. The van der Waals surface area contributed by atoms with Gasteiger partial charge in [0.2, 0.25) is 5.91 Å². The molecule has 9 nitrogen and oxygen atoms in total. The Bertz CT molecular complexity index is 1340. The third kappa shape index (κ3) is 12.1. The zero-order valence-electron chi connectivity index (χ0n) is 26.8. The van der Waals surface area contributed by atoms with Crippen LogP contribution in [0, 0.1) is 17.8 Å². The molecule has 2 amide bonds. The van der Waals surface area contributed by atoms with Crippen LogP contribution in [0.4, 0.5) is 26.3 Å². The lowest BCUT2D eigenvalue weighted by Gasteiger charge is -2.34. The first-order valence-corrected chi connectivity index (χ1v) is 15.6. The number of halogens is 6. The summed E-state index contributed by atoms with van der Waals surface area (Å²) < 4.78 is 89.0. The van der Waals surface area contributed by atoms with Gasteiger partial charge in [0.15, 0.2) is 12.0 Å². The molecule has 0 saturated heterocycles. The van der Waals surface area contributed by atoms with E-state index < -0.39 is 78.5 Å². The van der Waals surface area contributed by atoms with E-state index in [2.05, 4.69) is 10.3 Å². The number of nitrogens with one attached hydrogen (secondary N) is 1. The molecule has 2 rings (SSSR count). The van der Waals surface area contributed by atoms with Crippen molar-refractivity contribution >= 4 is 35.1 Å². The molecule has 0 aliphatic heterocycles. The number of hydrogen-bond donors (Lipinski definition) is 1. The summed E-state index contributed by atoms with van der Waals surface area (Å²) >= 11 is 0.948. The standard InChI is InChI=1S/C31H39F6N3O6S/c1-17(2)23(40(5)26(42)15-25(30(32,33)34)31(35,36)37)14-24(46-19(4)41)28-39-22(16-47-28)27(43)38-21(12-18(3)29(44)45-6)13-20-10-8-7-9-11-20/h7-11,16-18,21,23-25H,12-15H2,1-6H3,(H,38,43)/t18-,21+,23+,24+/m0/s1. The van der Waals surface area contributed by atoms with Gasteiger partial charge in [0.1, 0.15) is 10.7 Å². The molecule has 1 aromatic heterocycles. The lowest BCUT2D eigenvalue weighted by molar-refractivity contribution is -0.284. The first-order chi connectivity index (χ1) is 21.7. The minimum atomic E-state index is -5.68. The van der Waals surface area contributed by atoms with Gasteiger partial charge >= 0.3 is 24.3 Å². The molecule has 0 bridgehead atoms. The summed E-state index contributed by atoms with van der Waals surface area (Å²) in [7, 11) is 2.35. The van der Waals surface area contributed by atoms with Crippen molar-refractivity contribution in [1.29, 1.82) is 0 Å². The number of alkyl halides is 6. The van der Waals surface area contributed by atoms with Gasteiger partial charge in [-0.15, -0.1) is 11.3 Å². The predicted molar refractivity (Wildman–Crippen MR) is 160 cm³/mol. The third-order valence-corrected chi connectivity index (χ3v) is 8.46. The molecule has 0 fully saturated rings. The zero-order chi connectivity index (χ0) is 35.7. The highest BCUT2D eigenvalue weighted by Gasteiger charge is 2.57. The molecule has 47 heavy (non-hydrogen) atoms. The summed E-state index contributed by atoms with van der Waals surface area (Å²) in [5.41, 5.74) is 0.855. The SMILES string of the molecule is COC(=O)[C@@H](C)C[C@H](Cc1ccccc1)NC(=O)c1csc([C@@H](C[C@H](C(C)C)N(C)C(=O)CC(C(F)(F)F)C(F)(F)F)OC(C)=O)n1. The number of carbonyl (C=O) groups is 4. The molecule has 0 spiro atoms. The van der Waals surface area contributed by atoms with Crippen LogP contribution in [0.3, 0.4) is 0 Å². The number of benzene rings is 1.